The van der Waals surface area contributed by atoms with Crippen LogP contribution in [0.15, 0.2) is 0 Å². The zero-order chi connectivity index (χ0) is 6.72. The maximum atomic E-state index is 11.1. The van der Waals surface area contributed by atoms with Crippen LogP contribution in [-0.4, -0.2) is 12.1 Å². The number of hydrogen-bond donors (Lipinski definition) is 0. The summed E-state index contributed by atoms with van der Waals surface area (Å²) in [6, 6.07) is 0. The first-order chi connectivity index (χ1) is 4.86. The van der Waals surface area contributed by atoms with E-state index in [9.17, 15) is 4.79 Å². The van der Waals surface area contributed by atoms with Gasteiger partial charge in [-0.3, -0.25) is 4.79 Å². The Morgan fingerprint density at radius 1 is 1.40 bits per heavy atom. The zero-order valence-electron chi connectivity index (χ0n) is 5.75. The lowest BCUT2D eigenvalue weighted by atomic mass is 9.97. The van der Waals surface area contributed by atoms with Crippen molar-refractivity contribution in [1.29, 1.82) is 0 Å². The molecule has 2 aliphatic carbocycles. The van der Waals surface area contributed by atoms with Gasteiger partial charge in [-0.25, -0.2) is 0 Å². The van der Waals surface area contributed by atoms with Gasteiger partial charge in [-0.2, -0.15) is 0 Å². The Kier molecular flexibility index (Phi) is 0.715. The number of ether oxygens (including phenoxy) is 1. The maximum Gasteiger partial charge on any atom is 0.309 e. The Morgan fingerprint density at radius 3 is 2.90 bits per heavy atom. The molecule has 1 heterocycles. The highest BCUT2D eigenvalue weighted by Crippen LogP contribution is 2.55. The monoisotopic (exact) mass is 138 g/mol. The summed E-state index contributed by atoms with van der Waals surface area (Å²) in [5.74, 6) is 1.75. The molecule has 10 heavy (non-hydrogen) atoms. The molecule has 0 amide bonds. The van der Waals surface area contributed by atoms with Crippen molar-refractivity contribution >= 4 is 5.97 Å². The lowest BCUT2D eigenvalue weighted by molar-refractivity contribution is -0.150. The van der Waals surface area contributed by atoms with Crippen LogP contribution in [0, 0.1) is 17.8 Å². The topological polar surface area (TPSA) is 26.3 Å². The van der Waals surface area contributed by atoms with Gasteiger partial charge in [-0.1, -0.05) is 0 Å². The van der Waals surface area contributed by atoms with Gasteiger partial charge in [0.05, 0.1) is 5.92 Å². The Balaban J connectivity index is 2.06. The normalized spacial score (nSPS) is 55.8. The van der Waals surface area contributed by atoms with E-state index in [0.29, 0.717) is 23.9 Å². The van der Waals surface area contributed by atoms with Crippen molar-refractivity contribution in [2.75, 3.05) is 0 Å². The summed E-state index contributed by atoms with van der Waals surface area (Å²) < 4.78 is 5.16. The Morgan fingerprint density at radius 2 is 2.30 bits per heavy atom. The predicted octanol–water partition coefficient (Wildman–Crippen LogP) is 0.958. The van der Waals surface area contributed by atoms with Crippen LogP contribution in [0.5, 0.6) is 0 Å². The van der Waals surface area contributed by atoms with Crippen molar-refractivity contribution in [2.24, 2.45) is 17.8 Å². The van der Waals surface area contributed by atoms with E-state index in [2.05, 4.69) is 0 Å². The molecule has 1 aliphatic heterocycles. The Labute approximate surface area is 59.6 Å². The minimum Gasteiger partial charge on any atom is -0.462 e. The highest BCUT2D eigenvalue weighted by molar-refractivity contribution is 5.77. The Hall–Kier alpha value is -0.530. The van der Waals surface area contributed by atoms with Crippen LogP contribution in [0.2, 0.25) is 0 Å². The second-order valence-electron chi connectivity index (χ2n) is 3.74. The van der Waals surface area contributed by atoms with Gasteiger partial charge in [0, 0.05) is 5.92 Å². The molecule has 0 radical (unpaired) electrons. The molecule has 54 valence electrons. The van der Waals surface area contributed by atoms with Gasteiger partial charge in [0.1, 0.15) is 6.10 Å². The van der Waals surface area contributed by atoms with E-state index in [1.165, 1.54) is 19.3 Å². The molecule has 3 fully saturated rings. The first-order valence-corrected chi connectivity index (χ1v) is 4.07. The van der Waals surface area contributed by atoms with Gasteiger partial charge in [-0.15, -0.1) is 0 Å². The van der Waals surface area contributed by atoms with Crippen molar-refractivity contribution in [2.45, 2.75) is 25.4 Å². The highest BCUT2D eigenvalue weighted by atomic mass is 16.6. The third-order valence-electron chi connectivity index (χ3n) is 3.39. The number of esters is 1. The lowest BCUT2D eigenvalue weighted by Crippen LogP contribution is -2.22. The van der Waals surface area contributed by atoms with Crippen molar-refractivity contribution in [3.63, 3.8) is 0 Å². The van der Waals surface area contributed by atoms with E-state index in [4.69, 9.17) is 4.74 Å². The SMILES string of the molecule is O=C1O[C@@H]2C[C@H]3CC[C@@H]2[C@@H]13. The van der Waals surface area contributed by atoms with Crippen LogP contribution in [-0.2, 0) is 9.53 Å². The number of carbonyl (C=O) groups is 1. The molecule has 4 bridgehead atoms. The minimum absolute atomic E-state index is 0.101. The molecule has 2 heteroatoms. The van der Waals surface area contributed by atoms with E-state index in [1.54, 1.807) is 0 Å². The van der Waals surface area contributed by atoms with Crippen LogP contribution in [0.4, 0.5) is 0 Å². The summed E-state index contributed by atoms with van der Waals surface area (Å²) in [7, 11) is 0. The van der Waals surface area contributed by atoms with Crippen LogP contribution < -0.4 is 0 Å². The first kappa shape index (κ1) is 5.16. The van der Waals surface area contributed by atoms with Crippen molar-refractivity contribution in [3.8, 4) is 0 Å². The van der Waals surface area contributed by atoms with Gasteiger partial charge >= 0.3 is 5.97 Å². The molecule has 0 aromatic heterocycles. The molecule has 0 aromatic carbocycles. The smallest absolute Gasteiger partial charge is 0.309 e. The highest BCUT2D eigenvalue weighted by Gasteiger charge is 2.58. The third-order valence-corrected chi connectivity index (χ3v) is 3.39. The minimum atomic E-state index is 0.101. The average Bonchev–Trinajstić information content (AvgIpc) is 2.49. The van der Waals surface area contributed by atoms with Crippen LogP contribution in [0.25, 0.3) is 0 Å². The molecular weight excluding hydrogens is 128 g/mol. The summed E-state index contributed by atoms with van der Waals surface area (Å²) >= 11 is 0. The summed E-state index contributed by atoms with van der Waals surface area (Å²) in [5.41, 5.74) is 0. The number of hydrogen-bond acceptors (Lipinski definition) is 2. The molecule has 4 atom stereocenters. The standard InChI is InChI=1S/C8H10O2/c9-8-7-4-1-2-5(7)6(3-4)10-8/h4-7H,1-3H2/t4-,5+,6-,7+/m1/s1. The molecule has 0 spiro atoms. The molecule has 0 aromatic rings. The van der Waals surface area contributed by atoms with E-state index in [1.807, 2.05) is 0 Å². The fraction of sp³-hybridized carbons (Fsp3) is 0.875. The fourth-order valence-electron chi connectivity index (χ4n) is 3.00. The quantitative estimate of drug-likeness (QED) is 0.466. The van der Waals surface area contributed by atoms with Gasteiger partial charge in [0.2, 0.25) is 0 Å². The second-order valence-corrected chi connectivity index (χ2v) is 3.74. The van der Waals surface area contributed by atoms with Crippen LogP contribution >= 0.6 is 0 Å². The predicted molar refractivity (Wildman–Crippen MR) is 34.2 cm³/mol. The van der Waals surface area contributed by atoms with E-state index < -0.39 is 0 Å². The van der Waals surface area contributed by atoms with Gasteiger partial charge < -0.3 is 4.74 Å². The van der Waals surface area contributed by atoms with Crippen molar-refractivity contribution in [1.82, 2.24) is 0 Å². The first-order valence-electron chi connectivity index (χ1n) is 4.07. The second kappa shape index (κ2) is 1.39. The van der Waals surface area contributed by atoms with Crippen LogP contribution in [0.3, 0.4) is 0 Å². The summed E-state index contributed by atoms with van der Waals surface area (Å²) in [6.45, 7) is 0. The maximum absolute atomic E-state index is 11.1. The molecule has 2 saturated carbocycles. The molecule has 3 aliphatic rings. The molecule has 0 N–H and O–H groups in total. The summed E-state index contributed by atoms with van der Waals surface area (Å²) in [4.78, 5) is 11.1. The average molecular weight is 138 g/mol. The molecule has 1 saturated heterocycles. The van der Waals surface area contributed by atoms with E-state index in [0.717, 1.165) is 0 Å². The Bertz CT molecular complexity index is 199. The molecule has 3 rings (SSSR count). The van der Waals surface area contributed by atoms with Gasteiger partial charge in [0.15, 0.2) is 0 Å². The lowest BCUT2D eigenvalue weighted by Gasteiger charge is -2.20. The largest absolute Gasteiger partial charge is 0.462 e. The molecule has 0 unspecified atom stereocenters. The zero-order valence-corrected chi connectivity index (χ0v) is 5.75. The summed E-state index contributed by atoms with van der Waals surface area (Å²) in [6.07, 6.45) is 4.02. The van der Waals surface area contributed by atoms with Gasteiger partial charge in [-0.05, 0) is 25.2 Å². The number of rotatable bonds is 0. The van der Waals surface area contributed by atoms with E-state index in [-0.39, 0.29) is 5.97 Å². The van der Waals surface area contributed by atoms with Crippen molar-refractivity contribution < 1.29 is 9.53 Å². The van der Waals surface area contributed by atoms with E-state index >= 15 is 0 Å². The molecule has 2 nitrogen and oxygen atoms in total. The molecular formula is C8H10O2. The van der Waals surface area contributed by atoms with Crippen LogP contribution in [0.1, 0.15) is 19.3 Å². The number of carbonyl (C=O) groups excluding carboxylic acids is 1. The third kappa shape index (κ3) is 0.386. The van der Waals surface area contributed by atoms with Crippen molar-refractivity contribution in [3.05, 3.63) is 0 Å². The summed E-state index contributed by atoms with van der Waals surface area (Å²) in [5, 5.41) is 0. The fourth-order valence-corrected chi connectivity index (χ4v) is 3.00. The van der Waals surface area contributed by atoms with Gasteiger partial charge in [0.25, 0.3) is 0 Å².